The summed E-state index contributed by atoms with van der Waals surface area (Å²) < 4.78 is 1.35. The highest BCUT2D eigenvalue weighted by atomic mass is 32.1. The molecule has 0 bridgehead atoms. The molecule has 0 spiro atoms. The van der Waals surface area contributed by atoms with E-state index >= 15 is 0 Å². The molecule has 0 radical (unpaired) electrons. The Hall–Kier alpha value is -2.73. The number of fused-ring (bicyclic) bond motifs is 1. The summed E-state index contributed by atoms with van der Waals surface area (Å²) in [7, 11) is 0. The molecule has 2 aromatic heterocycles. The van der Waals surface area contributed by atoms with Gasteiger partial charge in [-0.05, 0) is 30.5 Å². The molecule has 5 nitrogen and oxygen atoms in total. The predicted molar refractivity (Wildman–Crippen MR) is 102 cm³/mol. The van der Waals surface area contributed by atoms with Crippen molar-refractivity contribution in [3.05, 3.63) is 64.0 Å². The van der Waals surface area contributed by atoms with E-state index in [2.05, 4.69) is 29.9 Å². The van der Waals surface area contributed by atoms with E-state index in [0.29, 0.717) is 16.8 Å². The molecule has 2 heterocycles. The number of nitrogens with zero attached hydrogens (tertiary/aromatic N) is 2. The van der Waals surface area contributed by atoms with E-state index in [1.807, 2.05) is 24.4 Å². The summed E-state index contributed by atoms with van der Waals surface area (Å²) in [5.41, 5.74) is 4.03. The van der Waals surface area contributed by atoms with Crippen molar-refractivity contribution >= 4 is 27.5 Å². The maximum atomic E-state index is 12.9. The van der Waals surface area contributed by atoms with Gasteiger partial charge in [-0.15, -0.1) is 17.9 Å². The summed E-state index contributed by atoms with van der Waals surface area (Å²) in [5.74, 6) is -0.244. The number of thiophene rings is 1. The van der Waals surface area contributed by atoms with Crippen molar-refractivity contribution in [1.29, 1.82) is 0 Å². The Bertz CT molecular complexity index is 1020. The van der Waals surface area contributed by atoms with Crippen LogP contribution in [-0.2, 0) is 11.3 Å². The van der Waals surface area contributed by atoms with E-state index < -0.39 is 0 Å². The summed E-state index contributed by atoms with van der Waals surface area (Å²) in [6, 6.07) is 6.13. The number of hydrogen-bond donors (Lipinski definition) is 1. The van der Waals surface area contributed by atoms with Crippen molar-refractivity contribution in [2.24, 2.45) is 0 Å². The summed E-state index contributed by atoms with van der Waals surface area (Å²) in [5, 5.41) is 5.18. The first-order valence-corrected chi connectivity index (χ1v) is 8.81. The molecule has 0 aliphatic heterocycles. The number of nitrogens with one attached hydrogen (secondary N) is 1. The first kappa shape index (κ1) is 17.1. The molecule has 0 aliphatic carbocycles. The molecular formula is C19H19N3O2S. The third-order valence-electron chi connectivity index (χ3n) is 4.14. The van der Waals surface area contributed by atoms with Crippen LogP contribution in [0.2, 0.25) is 0 Å². The van der Waals surface area contributed by atoms with Crippen molar-refractivity contribution in [3.63, 3.8) is 0 Å². The largest absolute Gasteiger partial charge is 0.351 e. The van der Waals surface area contributed by atoms with Crippen LogP contribution in [-0.4, -0.2) is 22.0 Å². The van der Waals surface area contributed by atoms with Crippen LogP contribution in [0.3, 0.4) is 0 Å². The number of aryl methyl sites for hydroxylation is 2. The Morgan fingerprint density at radius 3 is 2.88 bits per heavy atom. The van der Waals surface area contributed by atoms with Gasteiger partial charge < -0.3 is 5.32 Å². The second kappa shape index (κ2) is 7.03. The molecule has 0 saturated heterocycles. The molecule has 0 saturated carbocycles. The minimum atomic E-state index is -0.244. The van der Waals surface area contributed by atoms with Gasteiger partial charge in [-0.25, -0.2) is 4.98 Å². The number of hydrogen-bond acceptors (Lipinski definition) is 4. The third-order valence-corrected chi connectivity index (χ3v) is 5.02. The van der Waals surface area contributed by atoms with Crippen molar-refractivity contribution in [3.8, 4) is 11.1 Å². The van der Waals surface area contributed by atoms with Gasteiger partial charge in [0.2, 0.25) is 5.91 Å². The SMILES string of the molecule is C=CCNC(=O)Cn1cnc2scc(-c3ccc(C)c(C)c3)c2c1=O. The fourth-order valence-electron chi connectivity index (χ4n) is 2.60. The summed E-state index contributed by atoms with van der Waals surface area (Å²) >= 11 is 1.44. The molecule has 0 fully saturated rings. The average molecular weight is 353 g/mol. The van der Waals surface area contributed by atoms with E-state index in [0.717, 1.165) is 11.1 Å². The maximum absolute atomic E-state index is 12.9. The monoisotopic (exact) mass is 353 g/mol. The van der Waals surface area contributed by atoms with Crippen LogP contribution in [0.25, 0.3) is 21.3 Å². The average Bonchev–Trinajstić information content (AvgIpc) is 3.03. The van der Waals surface area contributed by atoms with Gasteiger partial charge in [-0.2, -0.15) is 0 Å². The maximum Gasteiger partial charge on any atom is 0.263 e. The number of amides is 1. The number of aromatic nitrogens is 2. The second-order valence-electron chi connectivity index (χ2n) is 5.90. The Labute approximate surface area is 149 Å². The standard InChI is InChI=1S/C19H19N3O2S/c1-4-7-20-16(23)9-22-11-21-18-17(19(22)24)15(10-25-18)14-6-5-12(2)13(3)8-14/h4-6,8,10-11H,1,7,9H2,2-3H3,(H,20,23). The first-order valence-electron chi connectivity index (χ1n) is 7.93. The van der Waals surface area contributed by atoms with E-state index in [-0.39, 0.29) is 18.0 Å². The minimum Gasteiger partial charge on any atom is -0.351 e. The smallest absolute Gasteiger partial charge is 0.263 e. The van der Waals surface area contributed by atoms with Crippen LogP contribution in [0, 0.1) is 13.8 Å². The van der Waals surface area contributed by atoms with E-state index in [1.54, 1.807) is 6.08 Å². The number of rotatable bonds is 5. The van der Waals surface area contributed by atoms with Crippen molar-refractivity contribution in [1.82, 2.24) is 14.9 Å². The van der Waals surface area contributed by atoms with Crippen LogP contribution in [0.4, 0.5) is 0 Å². The molecule has 128 valence electrons. The topological polar surface area (TPSA) is 64.0 Å². The molecule has 1 N–H and O–H groups in total. The van der Waals surface area contributed by atoms with Gasteiger partial charge in [0.15, 0.2) is 0 Å². The lowest BCUT2D eigenvalue weighted by Gasteiger charge is -2.07. The molecule has 6 heteroatoms. The van der Waals surface area contributed by atoms with Crippen LogP contribution >= 0.6 is 11.3 Å². The predicted octanol–water partition coefficient (Wildman–Crippen LogP) is 3.04. The van der Waals surface area contributed by atoms with Crippen LogP contribution in [0.15, 0.2) is 47.4 Å². The van der Waals surface area contributed by atoms with Gasteiger partial charge in [0, 0.05) is 17.5 Å². The molecule has 0 atom stereocenters. The van der Waals surface area contributed by atoms with Crippen molar-refractivity contribution in [2.45, 2.75) is 20.4 Å². The zero-order chi connectivity index (χ0) is 18.0. The van der Waals surface area contributed by atoms with Gasteiger partial charge in [0.1, 0.15) is 11.4 Å². The van der Waals surface area contributed by atoms with Crippen LogP contribution < -0.4 is 10.9 Å². The molecule has 3 aromatic rings. The highest BCUT2D eigenvalue weighted by molar-refractivity contribution is 7.17. The van der Waals surface area contributed by atoms with Crippen LogP contribution in [0.5, 0.6) is 0 Å². The molecular weight excluding hydrogens is 334 g/mol. The first-order chi connectivity index (χ1) is 12.0. The Balaban J connectivity index is 2.05. The third kappa shape index (κ3) is 3.39. The van der Waals surface area contributed by atoms with Crippen LogP contribution in [0.1, 0.15) is 11.1 Å². The second-order valence-corrected chi connectivity index (χ2v) is 6.76. The molecule has 3 rings (SSSR count). The Morgan fingerprint density at radius 1 is 1.36 bits per heavy atom. The number of benzene rings is 1. The summed E-state index contributed by atoms with van der Waals surface area (Å²) in [4.78, 5) is 29.8. The molecule has 1 aromatic carbocycles. The van der Waals surface area contributed by atoms with Crippen molar-refractivity contribution < 1.29 is 4.79 Å². The van der Waals surface area contributed by atoms with Gasteiger partial charge >= 0.3 is 0 Å². The lowest BCUT2D eigenvalue weighted by Crippen LogP contribution is -2.32. The molecule has 0 aliphatic rings. The lowest BCUT2D eigenvalue weighted by molar-refractivity contribution is -0.121. The van der Waals surface area contributed by atoms with Crippen molar-refractivity contribution in [2.75, 3.05) is 6.54 Å². The summed E-state index contributed by atoms with van der Waals surface area (Å²) in [6.45, 7) is 7.97. The Kier molecular flexibility index (Phi) is 4.81. The lowest BCUT2D eigenvalue weighted by atomic mass is 10.0. The Morgan fingerprint density at radius 2 is 2.16 bits per heavy atom. The van der Waals surface area contributed by atoms with Gasteiger partial charge in [0.25, 0.3) is 5.56 Å². The molecule has 25 heavy (non-hydrogen) atoms. The summed E-state index contributed by atoms with van der Waals surface area (Å²) in [6.07, 6.45) is 3.03. The number of carbonyl (C=O) groups excluding carboxylic acids is 1. The number of carbonyl (C=O) groups is 1. The zero-order valence-corrected chi connectivity index (χ0v) is 15.0. The quantitative estimate of drug-likeness (QED) is 0.717. The fraction of sp³-hybridized carbons (Fsp3) is 0.211. The van der Waals surface area contributed by atoms with Gasteiger partial charge in [-0.1, -0.05) is 24.3 Å². The van der Waals surface area contributed by atoms with Gasteiger partial charge in [-0.3, -0.25) is 14.2 Å². The van der Waals surface area contributed by atoms with E-state index in [9.17, 15) is 9.59 Å². The highest BCUT2D eigenvalue weighted by Crippen LogP contribution is 2.31. The zero-order valence-electron chi connectivity index (χ0n) is 14.2. The molecule has 0 unspecified atom stereocenters. The highest BCUT2D eigenvalue weighted by Gasteiger charge is 2.15. The fourth-order valence-corrected chi connectivity index (χ4v) is 3.50. The van der Waals surface area contributed by atoms with Gasteiger partial charge in [0.05, 0.1) is 11.7 Å². The molecule has 1 amide bonds. The minimum absolute atomic E-state index is 0.0577. The normalized spacial score (nSPS) is 10.8. The van der Waals surface area contributed by atoms with E-state index in [4.69, 9.17) is 0 Å². The van der Waals surface area contributed by atoms with E-state index in [1.165, 1.54) is 33.4 Å².